The van der Waals surface area contributed by atoms with Gasteiger partial charge < -0.3 is 10.4 Å². The number of likely N-dealkylation sites (tertiary alicyclic amines) is 1. The Kier molecular flexibility index (Phi) is 4.78. The molecule has 1 saturated carbocycles. The lowest BCUT2D eigenvalue weighted by Gasteiger charge is -2.32. The van der Waals surface area contributed by atoms with E-state index in [1.165, 1.54) is 6.42 Å². The Balaban J connectivity index is 1.60. The molecule has 2 fully saturated rings. The molecule has 1 aliphatic heterocycles. The van der Waals surface area contributed by atoms with Gasteiger partial charge in [-0.2, -0.15) is 0 Å². The van der Waals surface area contributed by atoms with E-state index in [1.807, 2.05) is 22.4 Å². The van der Waals surface area contributed by atoms with E-state index in [0.29, 0.717) is 18.9 Å². The zero-order valence-corrected chi connectivity index (χ0v) is 13.3. The van der Waals surface area contributed by atoms with E-state index < -0.39 is 12.0 Å². The third-order valence-corrected chi connectivity index (χ3v) is 5.75. The summed E-state index contributed by atoms with van der Waals surface area (Å²) >= 11 is 1.61. The molecule has 1 aromatic rings. The molecule has 5 nitrogen and oxygen atoms in total. The van der Waals surface area contributed by atoms with Crippen LogP contribution in [-0.4, -0.2) is 40.5 Å². The van der Waals surface area contributed by atoms with Gasteiger partial charge in [0.2, 0.25) is 5.91 Å². The number of carbonyl (C=O) groups is 2. The molecule has 3 atom stereocenters. The van der Waals surface area contributed by atoms with Gasteiger partial charge in [0.1, 0.15) is 6.04 Å². The van der Waals surface area contributed by atoms with E-state index in [0.717, 1.165) is 24.1 Å². The fraction of sp³-hybridized carbons (Fsp3) is 0.625. The summed E-state index contributed by atoms with van der Waals surface area (Å²) in [7, 11) is 0. The molecule has 1 amide bonds. The smallest absolute Gasteiger partial charge is 0.320 e. The number of fused-ring (bicyclic) bond motifs is 1. The number of amides is 1. The average molecular weight is 322 g/mol. The Morgan fingerprint density at radius 2 is 2.18 bits per heavy atom. The highest BCUT2D eigenvalue weighted by atomic mass is 32.1. The number of carbonyl (C=O) groups excluding carboxylic acids is 1. The molecule has 1 aliphatic carbocycles. The van der Waals surface area contributed by atoms with Crippen LogP contribution in [-0.2, 0) is 16.1 Å². The Morgan fingerprint density at radius 1 is 1.36 bits per heavy atom. The van der Waals surface area contributed by atoms with Crippen LogP contribution in [0.5, 0.6) is 0 Å². The van der Waals surface area contributed by atoms with Gasteiger partial charge in [-0.15, -0.1) is 11.3 Å². The van der Waals surface area contributed by atoms with Crippen LogP contribution in [0.2, 0.25) is 0 Å². The van der Waals surface area contributed by atoms with Crippen molar-refractivity contribution in [3.05, 3.63) is 22.4 Å². The maximum absolute atomic E-state index is 12.2. The van der Waals surface area contributed by atoms with Gasteiger partial charge in [0.25, 0.3) is 0 Å². The molecular weight excluding hydrogens is 300 g/mol. The Labute approximate surface area is 134 Å². The minimum atomic E-state index is -0.791. The highest BCUT2D eigenvalue weighted by Gasteiger charge is 2.45. The van der Waals surface area contributed by atoms with Gasteiger partial charge in [0.15, 0.2) is 0 Å². The topological polar surface area (TPSA) is 69.6 Å². The zero-order chi connectivity index (χ0) is 15.5. The summed E-state index contributed by atoms with van der Waals surface area (Å²) in [4.78, 5) is 26.7. The Morgan fingerprint density at radius 3 is 2.91 bits per heavy atom. The standard InChI is InChI=1S/C16H22N2O3S/c19-15(17-9-12-5-3-7-22-12)10-18-13-6-2-1-4-11(13)8-14(18)16(20)21/h3,5,7,11,13-14H,1-2,4,6,8-10H2,(H,17,19)(H,20,21)/t11-,13-,14+/m1/s1. The van der Waals surface area contributed by atoms with E-state index in [4.69, 9.17) is 0 Å². The fourth-order valence-corrected chi connectivity index (χ4v) is 4.49. The van der Waals surface area contributed by atoms with Crippen LogP contribution in [0.15, 0.2) is 17.5 Å². The number of aliphatic carboxylic acids is 1. The van der Waals surface area contributed by atoms with Crippen molar-refractivity contribution < 1.29 is 14.7 Å². The van der Waals surface area contributed by atoms with Crippen molar-refractivity contribution in [2.45, 2.75) is 50.7 Å². The van der Waals surface area contributed by atoms with Crippen LogP contribution in [0.4, 0.5) is 0 Å². The van der Waals surface area contributed by atoms with Crippen molar-refractivity contribution in [3.63, 3.8) is 0 Å². The second-order valence-electron chi connectivity index (χ2n) is 6.23. The van der Waals surface area contributed by atoms with Crippen molar-refractivity contribution >= 4 is 23.2 Å². The molecule has 2 N–H and O–H groups in total. The summed E-state index contributed by atoms with van der Waals surface area (Å²) in [6.45, 7) is 0.722. The molecule has 120 valence electrons. The van der Waals surface area contributed by atoms with Gasteiger partial charge in [0, 0.05) is 10.9 Å². The number of nitrogens with zero attached hydrogens (tertiary/aromatic N) is 1. The van der Waals surface area contributed by atoms with E-state index in [1.54, 1.807) is 11.3 Å². The van der Waals surface area contributed by atoms with Crippen LogP contribution in [0.25, 0.3) is 0 Å². The normalized spacial score (nSPS) is 28.3. The lowest BCUT2D eigenvalue weighted by Crippen LogP contribution is -2.47. The number of hydrogen-bond donors (Lipinski definition) is 2. The number of carboxylic acids is 1. The van der Waals surface area contributed by atoms with Gasteiger partial charge in [-0.05, 0) is 36.6 Å². The fourth-order valence-electron chi connectivity index (χ4n) is 3.84. The van der Waals surface area contributed by atoms with Crippen LogP contribution in [0.1, 0.15) is 37.0 Å². The molecule has 0 aromatic carbocycles. The lowest BCUT2D eigenvalue weighted by atomic mass is 9.85. The van der Waals surface area contributed by atoms with Crippen LogP contribution in [0.3, 0.4) is 0 Å². The van der Waals surface area contributed by atoms with Gasteiger partial charge in [-0.1, -0.05) is 18.9 Å². The Hall–Kier alpha value is -1.40. The largest absolute Gasteiger partial charge is 0.480 e. The first-order chi connectivity index (χ1) is 10.6. The minimum Gasteiger partial charge on any atom is -0.480 e. The summed E-state index contributed by atoms with van der Waals surface area (Å²) in [5.41, 5.74) is 0. The summed E-state index contributed by atoms with van der Waals surface area (Å²) < 4.78 is 0. The van der Waals surface area contributed by atoms with Crippen LogP contribution in [0, 0.1) is 5.92 Å². The van der Waals surface area contributed by atoms with E-state index in [2.05, 4.69) is 5.32 Å². The molecule has 3 rings (SSSR count). The maximum atomic E-state index is 12.2. The third kappa shape index (κ3) is 3.33. The second kappa shape index (κ2) is 6.79. The lowest BCUT2D eigenvalue weighted by molar-refractivity contribution is -0.143. The predicted molar refractivity (Wildman–Crippen MR) is 84.7 cm³/mol. The van der Waals surface area contributed by atoms with Gasteiger partial charge >= 0.3 is 5.97 Å². The maximum Gasteiger partial charge on any atom is 0.320 e. The number of rotatable bonds is 5. The number of nitrogens with one attached hydrogen (secondary N) is 1. The first-order valence-corrected chi connectivity index (χ1v) is 8.80. The molecule has 2 heterocycles. The molecule has 0 unspecified atom stereocenters. The summed E-state index contributed by atoms with van der Waals surface area (Å²) in [6, 6.07) is 3.71. The number of hydrogen-bond acceptors (Lipinski definition) is 4. The molecule has 0 spiro atoms. The Bertz CT molecular complexity index is 532. The zero-order valence-electron chi connectivity index (χ0n) is 12.5. The molecule has 1 aromatic heterocycles. The first kappa shape index (κ1) is 15.5. The van der Waals surface area contributed by atoms with Gasteiger partial charge in [-0.3, -0.25) is 14.5 Å². The molecule has 0 radical (unpaired) electrons. The molecule has 6 heteroatoms. The predicted octanol–water partition coefficient (Wildman–Crippen LogP) is 2.08. The molecule has 0 bridgehead atoms. The minimum absolute atomic E-state index is 0.0779. The third-order valence-electron chi connectivity index (χ3n) is 4.87. The van der Waals surface area contributed by atoms with Crippen molar-refractivity contribution in [1.29, 1.82) is 0 Å². The van der Waals surface area contributed by atoms with Crippen molar-refractivity contribution in [2.75, 3.05) is 6.54 Å². The monoisotopic (exact) mass is 322 g/mol. The van der Waals surface area contributed by atoms with Gasteiger partial charge in [-0.25, -0.2) is 0 Å². The van der Waals surface area contributed by atoms with Crippen molar-refractivity contribution in [3.8, 4) is 0 Å². The second-order valence-corrected chi connectivity index (χ2v) is 7.26. The molecular formula is C16H22N2O3S. The quantitative estimate of drug-likeness (QED) is 0.871. The van der Waals surface area contributed by atoms with E-state index in [9.17, 15) is 14.7 Å². The molecule has 22 heavy (non-hydrogen) atoms. The SMILES string of the molecule is O=C(CN1[C@@H]2CCCC[C@@H]2C[C@H]1C(=O)O)NCc1cccs1. The van der Waals surface area contributed by atoms with Crippen LogP contribution >= 0.6 is 11.3 Å². The molecule has 1 saturated heterocycles. The first-order valence-electron chi connectivity index (χ1n) is 7.93. The van der Waals surface area contributed by atoms with E-state index >= 15 is 0 Å². The van der Waals surface area contributed by atoms with Gasteiger partial charge in [0.05, 0.1) is 13.1 Å². The van der Waals surface area contributed by atoms with Crippen molar-refractivity contribution in [1.82, 2.24) is 10.2 Å². The van der Waals surface area contributed by atoms with E-state index in [-0.39, 0.29) is 18.5 Å². The van der Waals surface area contributed by atoms with Crippen molar-refractivity contribution in [2.24, 2.45) is 5.92 Å². The van der Waals surface area contributed by atoms with Crippen LogP contribution < -0.4 is 5.32 Å². The highest BCUT2D eigenvalue weighted by Crippen LogP contribution is 2.39. The summed E-state index contributed by atoms with van der Waals surface area (Å²) in [5, 5.41) is 14.3. The number of carboxylic acid groups (broad SMARTS) is 1. The average Bonchev–Trinajstić information content (AvgIpc) is 3.13. The summed E-state index contributed by atoms with van der Waals surface area (Å²) in [6.07, 6.45) is 5.14. The molecule has 2 aliphatic rings. The summed E-state index contributed by atoms with van der Waals surface area (Å²) in [5.74, 6) is -0.425. The highest BCUT2D eigenvalue weighted by molar-refractivity contribution is 7.09. The number of thiophene rings is 1.